The summed E-state index contributed by atoms with van der Waals surface area (Å²) in [5, 5.41) is 0. The maximum atomic E-state index is 12.2. The Labute approximate surface area is 104 Å². The molecule has 2 saturated carbocycles. The molecule has 1 heterocycles. The van der Waals surface area contributed by atoms with E-state index in [2.05, 4.69) is 18.7 Å². The molecule has 3 aliphatic rings. The van der Waals surface area contributed by atoms with Gasteiger partial charge in [0.25, 0.3) is 0 Å². The third-order valence-corrected chi connectivity index (χ3v) is 5.63. The maximum Gasteiger partial charge on any atom is 0.222 e. The molecule has 0 aromatic rings. The number of hydrogen-bond acceptors (Lipinski definition) is 2. The number of piperidine rings is 1. The first-order valence-corrected chi connectivity index (χ1v) is 7.03. The molecular formula is C14H24N2O. The Balaban J connectivity index is 1.52. The average molecular weight is 236 g/mol. The number of nitrogens with zero attached hydrogens (tertiary/aromatic N) is 1. The zero-order valence-electron chi connectivity index (χ0n) is 11.0. The lowest BCUT2D eigenvalue weighted by molar-refractivity contribution is -0.132. The van der Waals surface area contributed by atoms with Crippen molar-refractivity contribution in [2.45, 2.75) is 45.6 Å². The van der Waals surface area contributed by atoms with E-state index in [4.69, 9.17) is 5.73 Å². The number of nitrogens with two attached hydrogens (primary N) is 1. The van der Waals surface area contributed by atoms with Crippen LogP contribution >= 0.6 is 0 Å². The molecule has 2 N–H and O–H groups in total. The molecule has 3 nitrogen and oxygen atoms in total. The molecule has 1 aliphatic heterocycles. The Hall–Kier alpha value is -0.570. The lowest BCUT2D eigenvalue weighted by atomic mass is 9.99. The number of fused-ring (bicyclic) bond motifs is 1. The SMILES string of the molecule is CC1(C)C2CN(C(=O)C[C@@H]3CCC[C@H]3N)CC21. The van der Waals surface area contributed by atoms with Crippen molar-refractivity contribution in [1.82, 2.24) is 4.90 Å². The monoisotopic (exact) mass is 236 g/mol. The fourth-order valence-electron chi connectivity index (χ4n) is 4.01. The van der Waals surface area contributed by atoms with E-state index in [0.717, 1.165) is 37.8 Å². The summed E-state index contributed by atoms with van der Waals surface area (Å²) in [5.74, 6) is 2.34. The normalized spacial score (nSPS) is 42.6. The molecule has 0 aromatic heterocycles. The standard InChI is InChI=1S/C14H24N2O/c1-14(2)10-7-16(8-11(10)14)13(17)6-9-4-3-5-12(9)15/h9-12H,3-8,15H2,1-2H3/t9-,10?,11?,12+/m0/s1. The molecule has 2 aliphatic carbocycles. The number of carbonyl (C=O) groups excluding carboxylic acids is 1. The second kappa shape index (κ2) is 3.71. The van der Waals surface area contributed by atoms with Gasteiger partial charge < -0.3 is 10.6 Å². The highest BCUT2D eigenvalue weighted by Gasteiger charge is 2.62. The molecule has 0 aromatic carbocycles. The minimum Gasteiger partial charge on any atom is -0.342 e. The number of likely N-dealkylation sites (tertiary alicyclic amines) is 1. The van der Waals surface area contributed by atoms with Gasteiger partial charge in [-0.25, -0.2) is 0 Å². The van der Waals surface area contributed by atoms with Crippen LogP contribution in [0.15, 0.2) is 0 Å². The highest BCUT2D eigenvalue weighted by Crippen LogP contribution is 2.62. The third kappa shape index (κ3) is 1.79. The van der Waals surface area contributed by atoms with Crippen molar-refractivity contribution in [2.24, 2.45) is 28.9 Å². The molecule has 0 spiro atoms. The molecular weight excluding hydrogens is 212 g/mol. The zero-order chi connectivity index (χ0) is 12.2. The van der Waals surface area contributed by atoms with Gasteiger partial charge in [0.05, 0.1) is 0 Å². The van der Waals surface area contributed by atoms with Gasteiger partial charge in [0, 0.05) is 25.6 Å². The van der Waals surface area contributed by atoms with Crippen LogP contribution in [0.3, 0.4) is 0 Å². The molecule has 1 saturated heterocycles. The summed E-state index contributed by atoms with van der Waals surface area (Å²) in [7, 11) is 0. The molecule has 4 atom stereocenters. The molecule has 17 heavy (non-hydrogen) atoms. The number of hydrogen-bond donors (Lipinski definition) is 1. The summed E-state index contributed by atoms with van der Waals surface area (Å²) >= 11 is 0. The van der Waals surface area contributed by atoms with E-state index in [1.165, 1.54) is 6.42 Å². The van der Waals surface area contributed by atoms with Gasteiger partial charge in [-0.2, -0.15) is 0 Å². The first-order chi connectivity index (χ1) is 8.00. The molecule has 3 fully saturated rings. The largest absolute Gasteiger partial charge is 0.342 e. The number of rotatable bonds is 2. The number of amides is 1. The van der Waals surface area contributed by atoms with E-state index in [9.17, 15) is 4.79 Å². The van der Waals surface area contributed by atoms with Crippen LogP contribution in [0.4, 0.5) is 0 Å². The summed E-state index contributed by atoms with van der Waals surface area (Å²) in [6, 6.07) is 0.271. The van der Waals surface area contributed by atoms with Gasteiger partial charge in [0.15, 0.2) is 0 Å². The molecule has 3 rings (SSSR count). The summed E-state index contributed by atoms with van der Waals surface area (Å²) < 4.78 is 0. The molecule has 3 heteroatoms. The van der Waals surface area contributed by atoms with Gasteiger partial charge >= 0.3 is 0 Å². The van der Waals surface area contributed by atoms with Crippen LogP contribution in [0.25, 0.3) is 0 Å². The molecule has 1 amide bonds. The molecule has 0 bridgehead atoms. The van der Waals surface area contributed by atoms with Crippen LogP contribution in [0, 0.1) is 23.2 Å². The van der Waals surface area contributed by atoms with Crippen molar-refractivity contribution in [1.29, 1.82) is 0 Å². The summed E-state index contributed by atoms with van der Waals surface area (Å²) in [5.41, 5.74) is 6.53. The van der Waals surface area contributed by atoms with Gasteiger partial charge in [-0.15, -0.1) is 0 Å². The molecule has 96 valence electrons. The smallest absolute Gasteiger partial charge is 0.222 e. The van der Waals surface area contributed by atoms with E-state index in [0.29, 0.717) is 23.7 Å². The Bertz CT molecular complexity index is 325. The van der Waals surface area contributed by atoms with Crippen molar-refractivity contribution >= 4 is 5.91 Å². The fourth-order valence-corrected chi connectivity index (χ4v) is 4.01. The maximum absolute atomic E-state index is 12.2. The van der Waals surface area contributed by atoms with Crippen LogP contribution in [0.5, 0.6) is 0 Å². The Morgan fingerprint density at radius 1 is 1.29 bits per heavy atom. The highest BCUT2D eigenvalue weighted by atomic mass is 16.2. The van der Waals surface area contributed by atoms with Gasteiger partial charge in [0.2, 0.25) is 5.91 Å². The zero-order valence-corrected chi connectivity index (χ0v) is 11.0. The van der Waals surface area contributed by atoms with Crippen molar-refractivity contribution in [3.63, 3.8) is 0 Å². The Kier molecular flexibility index (Phi) is 2.51. The summed E-state index contributed by atoms with van der Waals surface area (Å²) in [6.45, 7) is 6.66. The first-order valence-electron chi connectivity index (χ1n) is 7.03. The predicted octanol–water partition coefficient (Wildman–Crippen LogP) is 1.62. The van der Waals surface area contributed by atoms with Gasteiger partial charge in [-0.1, -0.05) is 20.3 Å². The first kappa shape index (κ1) is 11.5. The lowest BCUT2D eigenvalue weighted by Crippen LogP contribution is -2.36. The summed E-state index contributed by atoms with van der Waals surface area (Å²) in [6.07, 6.45) is 4.16. The Morgan fingerprint density at radius 3 is 2.47 bits per heavy atom. The van der Waals surface area contributed by atoms with Crippen LogP contribution in [-0.4, -0.2) is 29.9 Å². The van der Waals surface area contributed by atoms with E-state index in [1.807, 2.05) is 0 Å². The van der Waals surface area contributed by atoms with E-state index < -0.39 is 0 Å². The summed E-state index contributed by atoms with van der Waals surface area (Å²) in [4.78, 5) is 14.3. The third-order valence-electron chi connectivity index (χ3n) is 5.63. The molecule has 2 unspecified atom stereocenters. The van der Waals surface area contributed by atoms with Gasteiger partial charge in [-0.3, -0.25) is 4.79 Å². The topological polar surface area (TPSA) is 46.3 Å². The second-order valence-corrected chi connectivity index (χ2v) is 6.89. The quantitative estimate of drug-likeness (QED) is 0.792. The predicted molar refractivity (Wildman–Crippen MR) is 67.3 cm³/mol. The Morgan fingerprint density at radius 2 is 1.94 bits per heavy atom. The van der Waals surface area contributed by atoms with Crippen molar-refractivity contribution in [2.75, 3.05) is 13.1 Å². The van der Waals surface area contributed by atoms with E-state index in [1.54, 1.807) is 0 Å². The van der Waals surface area contributed by atoms with E-state index >= 15 is 0 Å². The van der Waals surface area contributed by atoms with Crippen LogP contribution in [0.1, 0.15) is 39.5 Å². The van der Waals surface area contributed by atoms with Crippen molar-refractivity contribution in [3.8, 4) is 0 Å². The fraction of sp³-hybridized carbons (Fsp3) is 0.929. The number of carbonyl (C=O) groups is 1. The van der Waals surface area contributed by atoms with Crippen molar-refractivity contribution in [3.05, 3.63) is 0 Å². The van der Waals surface area contributed by atoms with Gasteiger partial charge in [0.1, 0.15) is 0 Å². The molecule has 0 radical (unpaired) electrons. The van der Waals surface area contributed by atoms with Crippen LogP contribution in [0.2, 0.25) is 0 Å². The lowest BCUT2D eigenvalue weighted by Gasteiger charge is -2.24. The van der Waals surface area contributed by atoms with Crippen LogP contribution < -0.4 is 5.73 Å². The van der Waals surface area contributed by atoms with Gasteiger partial charge in [-0.05, 0) is 36.0 Å². The second-order valence-electron chi connectivity index (χ2n) is 6.89. The highest BCUT2D eigenvalue weighted by molar-refractivity contribution is 5.77. The minimum atomic E-state index is 0.271. The van der Waals surface area contributed by atoms with Crippen molar-refractivity contribution < 1.29 is 4.79 Å². The van der Waals surface area contributed by atoms with Crippen LogP contribution in [-0.2, 0) is 4.79 Å². The minimum absolute atomic E-state index is 0.271. The average Bonchev–Trinajstić information content (AvgIpc) is 2.70. The van der Waals surface area contributed by atoms with E-state index in [-0.39, 0.29) is 6.04 Å².